The van der Waals surface area contributed by atoms with Crippen molar-refractivity contribution in [2.75, 3.05) is 0 Å². The number of pyridine rings is 1. The number of hydrogen-bond donors (Lipinski definition) is 0. The molecule has 2 aromatic heterocycles. The van der Waals surface area contributed by atoms with Crippen molar-refractivity contribution in [2.24, 2.45) is 0 Å². The maximum absolute atomic E-state index is 4.37. The molecule has 16 heavy (non-hydrogen) atoms. The largest absolute Gasteiger partial charge is 0.307 e. The normalized spacial score (nSPS) is 11.8. The van der Waals surface area contributed by atoms with E-state index < -0.39 is 0 Å². The van der Waals surface area contributed by atoms with Gasteiger partial charge in [-0.2, -0.15) is 0 Å². The highest BCUT2D eigenvalue weighted by molar-refractivity contribution is 5.54. The molecule has 0 amide bonds. The fourth-order valence-corrected chi connectivity index (χ4v) is 1.61. The minimum Gasteiger partial charge on any atom is -0.307 e. The van der Waals surface area contributed by atoms with Crippen LogP contribution < -0.4 is 0 Å². The van der Waals surface area contributed by atoms with E-state index in [-0.39, 0.29) is 5.54 Å². The number of aromatic nitrogens is 4. The van der Waals surface area contributed by atoms with Crippen LogP contribution in [0.1, 0.15) is 26.3 Å². The fraction of sp³-hybridized carbons (Fsp3) is 0.417. The molecule has 2 aromatic rings. The van der Waals surface area contributed by atoms with Gasteiger partial charge in [0.15, 0.2) is 5.82 Å². The first kappa shape index (κ1) is 10.8. The maximum Gasteiger partial charge on any atom is 0.183 e. The van der Waals surface area contributed by atoms with Crippen LogP contribution in [0.25, 0.3) is 11.5 Å². The second-order valence-electron chi connectivity index (χ2n) is 4.86. The molecule has 0 unspecified atom stereocenters. The number of rotatable bonds is 1. The van der Waals surface area contributed by atoms with Gasteiger partial charge < -0.3 is 4.57 Å². The van der Waals surface area contributed by atoms with Crippen LogP contribution >= 0.6 is 0 Å². The van der Waals surface area contributed by atoms with Crippen molar-refractivity contribution in [2.45, 2.75) is 33.2 Å². The highest BCUT2D eigenvalue weighted by Crippen LogP contribution is 2.23. The highest BCUT2D eigenvalue weighted by atomic mass is 15.3. The molecule has 0 atom stereocenters. The monoisotopic (exact) mass is 216 g/mol. The molecule has 0 spiro atoms. The summed E-state index contributed by atoms with van der Waals surface area (Å²) in [4.78, 5) is 4.37. The number of nitrogens with zero attached hydrogens (tertiary/aromatic N) is 4. The van der Waals surface area contributed by atoms with E-state index in [1.54, 1.807) is 12.5 Å². The van der Waals surface area contributed by atoms with Gasteiger partial charge in [0.1, 0.15) is 12.0 Å². The van der Waals surface area contributed by atoms with E-state index in [2.05, 4.69) is 36.0 Å². The molecule has 0 aromatic carbocycles. The minimum atomic E-state index is -0.0389. The lowest BCUT2D eigenvalue weighted by molar-refractivity contribution is 0.399. The average molecular weight is 216 g/mol. The molecule has 2 rings (SSSR count). The van der Waals surface area contributed by atoms with E-state index in [9.17, 15) is 0 Å². The molecule has 0 radical (unpaired) electrons. The maximum atomic E-state index is 4.37. The standard InChI is InChI=1S/C12H16N4/c1-9-6-5-7-13-10(9)11-15-14-8-16(11)12(2,3)4/h5-8H,1-4H3. The summed E-state index contributed by atoms with van der Waals surface area (Å²) in [5.41, 5.74) is 1.97. The van der Waals surface area contributed by atoms with Crippen molar-refractivity contribution in [3.8, 4) is 11.5 Å². The van der Waals surface area contributed by atoms with Gasteiger partial charge in [0.2, 0.25) is 0 Å². The van der Waals surface area contributed by atoms with Crippen LogP contribution in [-0.4, -0.2) is 19.7 Å². The zero-order valence-corrected chi connectivity index (χ0v) is 10.1. The van der Waals surface area contributed by atoms with Crippen LogP contribution in [0.4, 0.5) is 0 Å². The Balaban J connectivity index is 2.58. The third-order valence-electron chi connectivity index (χ3n) is 2.49. The summed E-state index contributed by atoms with van der Waals surface area (Å²) in [6.45, 7) is 8.40. The highest BCUT2D eigenvalue weighted by Gasteiger charge is 2.20. The van der Waals surface area contributed by atoms with Crippen LogP contribution in [0, 0.1) is 6.92 Å². The van der Waals surface area contributed by atoms with Crippen LogP contribution in [0.5, 0.6) is 0 Å². The van der Waals surface area contributed by atoms with Crippen LogP contribution in [0.15, 0.2) is 24.7 Å². The third kappa shape index (κ3) is 1.83. The summed E-state index contributed by atoms with van der Waals surface area (Å²) in [5, 5.41) is 8.14. The summed E-state index contributed by atoms with van der Waals surface area (Å²) in [5.74, 6) is 0.825. The summed E-state index contributed by atoms with van der Waals surface area (Å²) >= 11 is 0. The van der Waals surface area contributed by atoms with Gasteiger partial charge in [0.25, 0.3) is 0 Å². The Kier molecular flexibility index (Phi) is 2.50. The Morgan fingerprint density at radius 1 is 1.25 bits per heavy atom. The zero-order valence-electron chi connectivity index (χ0n) is 10.1. The molecule has 84 valence electrons. The van der Waals surface area contributed by atoms with E-state index in [4.69, 9.17) is 0 Å². The molecular formula is C12H16N4. The molecule has 0 aliphatic rings. The molecule has 0 N–H and O–H groups in total. The quantitative estimate of drug-likeness (QED) is 0.735. The lowest BCUT2D eigenvalue weighted by Crippen LogP contribution is -2.22. The van der Waals surface area contributed by atoms with E-state index in [1.165, 1.54) is 0 Å². The summed E-state index contributed by atoms with van der Waals surface area (Å²) in [6, 6.07) is 3.96. The molecule has 0 aliphatic heterocycles. The van der Waals surface area contributed by atoms with Crippen molar-refractivity contribution in [3.63, 3.8) is 0 Å². The Bertz CT molecular complexity index is 494. The SMILES string of the molecule is Cc1cccnc1-c1nncn1C(C)(C)C. The lowest BCUT2D eigenvalue weighted by Gasteiger charge is -2.22. The Morgan fingerprint density at radius 2 is 2.00 bits per heavy atom. The zero-order chi connectivity index (χ0) is 11.8. The van der Waals surface area contributed by atoms with Gasteiger partial charge in [-0.15, -0.1) is 10.2 Å². The van der Waals surface area contributed by atoms with E-state index in [1.807, 2.05) is 23.6 Å². The van der Waals surface area contributed by atoms with Crippen molar-refractivity contribution < 1.29 is 0 Å². The Labute approximate surface area is 95.4 Å². The summed E-state index contributed by atoms with van der Waals surface area (Å²) in [6.07, 6.45) is 3.54. The van der Waals surface area contributed by atoms with Crippen molar-refractivity contribution in [1.29, 1.82) is 0 Å². The molecule has 0 saturated carbocycles. The molecule has 4 heteroatoms. The molecule has 0 aliphatic carbocycles. The van der Waals surface area contributed by atoms with Gasteiger partial charge in [0, 0.05) is 11.7 Å². The number of aryl methyl sites for hydroxylation is 1. The second kappa shape index (κ2) is 3.70. The van der Waals surface area contributed by atoms with Gasteiger partial charge in [-0.3, -0.25) is 4.98 Å². The molecule has 0 bridgehead atoms. The van der Waals surface area contributed by atoms with Crippen molar-refractivity contribution in [3.05, 3.63) is 30.2 Å². The summed E-state index contributed by atoms with van der Waals surface area (Å²) < 4.78 is 2.04. The third-order valence-corrected chi connectivity index (χ3v) is 2.49. The first-order chi connectivity index (χ1) is 7.50. The topological polar surface area (TPSA) is 43.6 Å². The molecular weight excluding hydrogens is 200 g/mol. The van der Waals surface area contributed by atoms with Gasteiger partial charge in [-0.25, -0.2) is 0 Å². The van der Waals surface area contributed by atoms with E-state index in [0.29, 0.717) is 0 Å². The van der Waals surface area contributed by atoms with Crippen molar-refractivity contribution >= 4 is 0 Å². The number of hydrogen-bond acceptors (Lipinski definition) is 3. The van der Waals surface area contributed by atoms with Gasteiger partial charge in [-0.05, 0) is 39.3 Å². The van der Waals surface area contributed by atoms with E-state index >= 15 is 0 Å². The molecule has 4 nitrogen and oxygen atoms in total. The molecule has 0 saturated heterocycles. The van der Waals surface area contributed by atoms with Crippen molar-refractivity contribution in [1.82, 2.24) is 19.7 Å². The first-order valence-corrected chi connectivity index (χ1v) is 5.32. The minimum absolute atomic E-state index is 0.0389. The van der Waals surface area contributed by atoms with Crippen LogP contribution in [0.3, 0.4) is 0 Å². The van der Waals surface area contributed by atoms with Gasteiger partial charge >= 0.3 is 0 Å². The Hall–Kier alpha value is -1.71. The second-order valence-corrected chi connectivity index (χ2v) is 4.86. The average Bonchev–Trinajstić information content (AvgIpc) is 2.66. The van der Waals surface area contributed by atoms with E-state index in [0.717, 1.165) is 17.1 Å². The predicted molar refractivity (Wildman–Crippen MR) is 63.0 cm³/mol. The molecule has 2 heterocycles. The van der Waals surface area contributed by atoms with Crippen LogP contribution in [-0.2, 0) is 5.54 Å². The molecule has 0 fully saturated rings. The summed E-state index contributed by atoms with van der Waals surface area (Å²) in [7, 11) is 0. The smallest absolute Gasteiger partial charge is 0.183 e. The van der Waals surface area contributed by atoms with Crippen LogP contribution in [0.2, 0.25) is 0 Å². The van der Waals surface area contributed by atoms with Gasteiger partial charge in [-0.1, -0.05) is 6.07 Å². The van der Waals surface area contributed by atoms with Gasteiger partial charge in [0.05, 0.1) is 0 Å². The Morgan fingerprint density at radius 3 is 2.62 bits per heavy atom. The fourth-order valence-electron chi connectivity index (χ4n) is 1.61. The predicted octanol–water partition coefficient (Wildman–Crippen LogP) is 2.40. The lowest BCUT2D eigenvalue weighted by atomic mass is 10.1. The first-order valence-electron chi connectivity index (χ1n) is 5.32.